The molecule has 6 nitrogen and oxygen atoms in total. The largest absolute Gasteiger partial charge is 0.494 e. The average Bonchev–Trinajstić information content (AvgIpc) is 3.02. The summed E-state index contributed by atoms with van der Waals surface area (Å²) < 4.78 is 11.9. The minimum absolute atomic E-state index is 0. The van der Waals surface area contributed by atoms with Crippen LogP contribution in [0.1, 0.15) is 39.5 Å². The molecule has 0 bridgehead atoms. The first-order valence-electron chi connectivity index (χ1n) is 15.9. The molecule has 3 aromatic rings. The van der Waals surface area contributed by atoms with Gasteiger partial charge in [-0.2, -0.15) is 0 Å². The lowest BCUT2D eigenvalue weighted by molar-refractivity contribution is 0.116. The van der Waals surface area contributed by atoms with Crippen LogP contribution in [0.5, 0.6) is 11.5 Å². The number of hydrogen-bond acceptors (Lipinski definition) is 7. The van der Waals surface area contributed by atoms with Gasteiger partial charge in [0.1, 0.15) is 18.1 Å². The summed E-state index contributed by atoms with van der Waals surface area (Å²) in [6.45, 7) is 14.4. The van der Waals surface area contributed by atoms with Crippen molar-refractivity contribution in [2.45, 2.75) is 55.4 Å². The van der Waals surface area contributed by atoms with E-state index in [2.05, 4.69) is 70.3 Å². The number of ether oxygens (including phenoxy) is 2. The Morgan fingerprint density at radius 2 is 1.33 bits per heavy atom. The molecule has 0 amide bonds. The standard InChI is InChI=1S/C35H47ClN4O2S.3ClH/c1-28(2)37-17-6-3-7-25-41-30-12-14-31(15-13-30)42-26-24-39-22-20-38(21-23-39)18-8-19-40-32-9-4-5-10-34(32)43-35-16-11-29(36)27-33(35)40;;;/h4-5,9-16,27-28,37H,3,6-8,17-26H2,1-2H3;3*1H. The third kappa shape index (κ3) is 12.5. The number of para-hydroxylation sites is 1. The van der Waals surface area contributed by atoms with Gasteiger partial charge < -0.3 is 24.6 Å². The van der Waals surface area contributed by atoms with Gasteiger partial charge in [-0.05, 0) is 93.4 Å². The van der Waals surface area contributed by atoms with E-state index in [0.717, 1.165) is 88.3 Å². The van der Waals surface area contributed by atoms with Crippen LogP contribution in [0.25, 0.3) is 0 Å². The monoisotopic (exact) mass is 730 g/mol. The van der Waals surface area contributed by atoms with E-state index >= 15 is 0 Å². The molecular formula is C35H50Cl4N4O2S. The molecule has 2 aliphatic heterocycles. The summed E-state index contributed by atoms with van der Waals surface area (Å²) in [5.41, 5.74) is 2.51. The lowest BCUT2D eigenvalue weighted by Crippen LogP contribution is -2.47. The van der Waals surface area contributed by atoms with Gasteiger partial charge in [-0.15, -0.1) is 37.2 Å². The van der Waals surface area contributed by atoms with Crippen LogP contribution in [0.3, 0.4) is 0 Å². The summed E-state index contributed by atoms with van der Waals surface area (Å²) in [5.74, 6) is 1.83. The first-order valence-corrected chi connectivity index (χ1v) is 17.1. The summed E-state index contributed by atoms with van der Waals surface area (Å²) in [4.78, 5) is 10.2. The Labute approximate surface area is 304 Å². The molecule has 256 valence electrons. The number of fused-ring (bicyclic) bond motifs is 2. The van der Waals surface area contributed by atoms with Crippen molar-refractivity contribution in [3.8, 4) is 11.5 Å². The molecule has 2 aliphatic rings. The molecule has 11 heteroatoms. The molecular weight excluding hydrogens is 682 g/mol. The number of anilines is 2. The van der Waals surface area contributed by atoms with Crippen molar-refractivity contribution < 1.29 is 9.47 Å². The molecule has 2 heterocycles. The molecule has 0 aliphatic carbocycles. The molecule has 0 atom stereocenters. The minimum atomic E-state index is 0. The van der Waals surface area contributed by atoms with E-state index in [1.165, 1.54) is 34.0 Å². The highest BCUT2D eigenvalue weighted by molar-refractivity contribution is 7.99. The molecule has 0 saturated carbocycles. The second kappa shape index (κ2) is 21.4. The van der Waals surface area contributed by atoms with E-state index in [0.29, 0.717) is 12.6 Å². The number of unbranched alkanes of at least 4 members (excludes halogenated alkanes) is 2. The number of rotatable bonds is 16. The molecule has 1 fully saturated rings. The zero-order valence-corrected chi connectivity index (χ0v) is 31.0. The fraction of sp³-hybridized carbons (Fsp3) is 0.486. The van der Waals surface area contributed by atoms with Crippen molar-refractivity contribution in [2.75, 3.05) is 70.5 Å². The SMILES string of the molecule is CC(C)NCCCCCOc1ccc(OCCN2CCN(CCCN3c4ccccc4Sc4ccc(Cl)cc43)CC2)cc1.Cl.Cl.Cl. The van der Waals surface area contributed by atoms with Crippen molar-refractivity contribution in [3.63, 3.8) is 0 Å². The second-order valence-electron chi connectivity index (χ2n) is 11.7. The number of benzene rings is 3. The third-order valence-electron chi connectivity index (χ3n) is 8.05. The maximum absolute atomic E-state index is 6.39. The van der Waals surface area contributed by atoms with Crippen LogP contribution in [0.4, 0.5) is 11.4 Å². The number of nitrogens with one attached hydrogen (secondary N) is 1. The van der Waals surface area contributed by atoms with Gasteiger partial charge in [0.15, 0.2) is 0 Å². The molecule has 0 radical (unpaired) electrons. The van der Waals surface area contributed by atoms with Gasteiger partial charge in [0.05, 0.1) is 18.0 Å². The molecule has 3 aromatic carbocycles. The fourth-order valence-electron chi connectivity index (χ4n) is 5.64. The van der Waals surface area contributed by atoms with Gasteiger partial charge >= 0.3 is 0 Å². The summed E-state index contributed by atoms with van der Waals surface area (Å²) in [6, 6.07) is 23.6. The molecule has 0 aromatic heterocycles. The van der Waals surface area contributed by atoms with Gasteiger partial charge in [-0.3, -0.25) is 4.90 Å². The second-order valence-corrected chi connectivity index (χ2v) is 13.2. The van der Waals surface area contributed by atoms with Gasteiger partial charge in [-0.1, -0.05) is 49.3 Å². The maximum atomic E-state index is 6.39. The first-order chi connectivity index (χ1) is 21.0. The van der Waals surface area contributed by atoms with Crippen molar-refractivity contribution in [1.29, 1.82) is 0 Å². The number of halogens is 4. The Morgan fingerprint density at radius 3 is 2.02 bits per heavy atom. The van der Waals surface area contributed by atoms with Gasteiger partial charge in [0.25, 0.3) is 0 Å². The quantitative estimate of drug-likeness (QED) is 0.148. The van der Waals surface area contributed by atoms with Crippen LogP contribution < -0.4 is 19.7 Å². The number of nitrogens with zero attached hydrogens (tertiary/aromatic N) is 3. The highest BCUT2D eigenvalue weighted by atomic mass is 35.5. The van der Waals surface area contributed by atoms with Crippen molar-refractivity contribution in [3.05, 3.63) is 71.8 Å². The van der Waals surface area contributed by atoms with Crippen molar-refractivity contribution in [1.82, 2.24) is 15.1 Å². The molecule has 5 rings (SSSR count). The van der Waals surface area contributed by atoms with Crippen LogP contribution in [0.15, 0.2) is 76.5 Å². The Hall–Kier alpha value is -1.55. The Bertz CT molecular complexity index is 1280. The molecule has 1 N–H and O–H groups in total. The maximum Gasteiger partial charge on any atom is 0.119 e. The van der Waals surface area contributed by atoms with Gasteiger partial charge in [0.2, 0.25) is 0 Å². The summed E-state index contributed by atoms with van der Waals surface area (Å²) >= 11 is 8.23. The highest BCUT2D eigenvalue weighted by Gasteiger charge is 2.24. The van der Waals surface area contributed by atoms with Crippen LogP contribution in [-0.4, -0.2) is 81.4 Å². The Kier molecular flexibility index (Phi) is 18.9. The van der Waals surface area contributed by atoms with Crippen molar-refractivity contribution >= 4 is 72.0 Å². The minimum Gasteiger partial charge on any atom is -0.494 e. The van der Waals surface area contributed by atoms with E-state index in [9.17, 15) is 0 Å². The van der Waals surface area contributed by atoms with Gasteiger partial charge in [0, 0.05) is 60.1 Å². The van der Waals surface area contributed by atoms with E-state index in [4.69, 9.17) is 21.1 Å². The topological polar surface area (TPSA) is 40.2 Å². The van der Waals surface area contributed by atoms with Crippen LogP contribution in [0.2, 0.25) is 5.02 Å². The fourth-order valence-corrected chi connectivity index (χ4v) is 6.88. The molecule has 0 unspecified atom stereocenters. The molecule has 0 spiro atoms. The van der Waals surface area contributed by atoms with E-state index in [1.54, 1.807) is 0 Å². The molecule has 1 saturated heterocycles. The van der Waals surface area contributed by atoms with E-state index in [1.807, 2.05) is 42.1 Å². The normalized spacial score (nSPS) is 14.4. The average molecular weight is 733 g/mol. The number of hydrogen-bond donors (Lipinski definition) is 1. The first kappa shape index (κ1) is 40.6. The van der Waals surface area contributed by atoms with E-state index in [-0.39, 0.29) is 37.2 Å². The predicted octanol–water partition coefficient (Wildman–Crippen LogP) is 8.84. The lowest BCUT2D eigenvalue weighted by atomic mass is 10.2. The van der Waals surface area contributed by atoms with Crippen molar-refractivity contribution in [2.24, 2.45) is 0 Å². The Morgan fingerprint density at radius 1 is 0.696 bits per heavy atom. The van der Waals surface area contributed by atoms with Crippen LogP contribution in [-0.2, 0) is 0 Å². The smallest absolute Gasteiger partial charge is 0.119 e. The van der Waals surface area contributed by atoms with E-state index < -0.39 is 0 Å². The summed E-state index contributed by atoms with van der Waals surface area (Å²) in [7, 11) is 0. The zero-order valence-electron chi connectivity index (χ0n) is 27.0. The zero-order chi connectivity index (χ0) is 29.9. The van der Waals surface area contributed by atoms with Crippen LogP contribution in [0, 0.1) is 0 Å². The predicted molar refractivity (Wildman–Crippen MR) is 203 cm³/mol. The lowest BCUT2D eigenvalue weighted by Gasteiger charge is -2.36. The number of piperazine rings is 1. The molecule has 46 heavy (non-hydrogen) atoms. The van der Waals surface area contributed by atoms with Gasteiger partial charge in [-0.25, -0.2) is 0 Å². The summed E-state index contributed by atoms with van der Waals surface area (Å²) in [6.07, 6.45) is 4.58. The highest BCUT2D eigenvalue weighted by Crippen LogP contribution is 2.48. The third-order valence-corrected chi connectivity index (χ3v) is 9.42. The summed E-state index contributed by atoms with van der Waals surface area (Å²) in [5, 5.41) is 4.25. The van der Waals surface area contributed by atoms with Crippen LogP contribution >= 0.6 is 60.6 Å². The Balaban J connectivity index is 0.00000245.